The van der Waals surface area contributed by atoms with Crippen LogP contribution in [0.25, 0.3) is 0 Å². The highest BCUT2D eigenvalue weighted by Gasteiger charge is 2.16. The van der Waals surface area contributed by atoms with Crippen LogP contribution in [-0.2, 0) is 10.2 Å². The first-order valence-corrected chi connectivity index (χ1v) is 10.7. The van der Waals surface area contributed by atoms with Gasteiger partial charge >= 0.3 is 0 Å². The highest BCUT2D eigenvalue weighted by molar-refractivity contribution is 6.04. The molecule has 0 saturated carbocycles. The zero-order chi connectivity index (χ0) is 23.3. The third kappa shape index (κ3) is 6.20. The first-order chi connectivity index (χ1) is 15.1. The van der Waals surface area contributed by atoms with Gasteiger partial charge in [0.15, 0.2) is 6.10 Å². The third-order valence-corrected chi connectivity index (χ3v) is 5.07. The summed E-state index contributed by atoms with van der Waals surface area (Å²) in [4.78, 5) is 25.2. The van der Waals surface area contributed by atoms with E-state index in [9.17, 15) is 9.59 Å². The molecule has 1 unspecified atom stereocenters. The number of hydrogen-bond acceptors (Lipinski definition) is 3. The fourth-order valence-corrected chi connectivity index (χ4v) is 3.19. The van der Waals surface area contributed by atoms with Crippen molar-refractivity contribution < 1.29 is 14.3 Å². The van der Waals surface area contributed by atoms with E-state index in [4.69, 9.17) is 4.74 Å². The predicted octanol–water partition coefficient (Wildman–Crippen LogP) is 5.95. The highest BCUT2D eigenvalue weighted by atomic mass is 16.5. The molecule has 0 aliphatic heterocycles. The normalized spacial score (nSPS) is 12.0. The van der Waals surface area contributed by atoms with Gasteiger partial charge in [0, 0.05) is 16.9 Å². The van der Waals surface area contributed by atoms with Crippen molar-refractivity contribution in [3.8, 4) is 5.75 Å². The molecule has 5 nitrogen and oxygen atoms in total. The van der Waals surface area contributed by atoms with Gasteiger partial charge in [0.2, 0.25) is 0 Å². The second-order valence-electron chi connectivity index (χ2n) is 8.93. The SMILES string of the molecule is Cc1cccc(OC(C)C(=O)Nc2cccc(NC(=O)c3ccc(C(C)(C)C)cc3)c2)c1. The maximum atomic E-state index is 12.6. The Hall–Kier alpha value is -3.60. The molecule has 0 aliphatic rings. The van der Waals surface area contributed by atoms with E-state index in [1.165, 1.54) is 5.56 Å². The van der Waals surface area contributed by atoms with E-state index in [2.05, 4.69) is 31.4 Å². The molecule has 32 heavy (non-hydrogen) atoms. The fourth-order valence-electron chi connectivity index (χ4n) is 3.19. The number of anilines is 2. The molecular formula is C27H30N2O3. The first-order valence-electron chi connectivity index (χ1n) is 10.7. The summed E-state index contributed by atoms with van der Waals surface area (Å²) in [6, 6.07) is 22.2. The Morgan fingerprint density at radius 2 is 1.47 bits per heavy atom. The van der Waals surface area contributed by atoms with Crippen molar-refractivity contribution in [1.29, 1.82) is 0 Å². The molecule has 2 amide bonds. The number of hydrogen-bond donors (Lipinski definition) is 2. The molecule has 2 N–H and O–H groups in total. The largest absolute Gasteiger partial charge is 0.481 e. The maximum absolute atomic E-state index is 12.6. The molecule has 0 bridgehead atoms. The highest BCUT2D eigenvalue weighted by Crippen LogP contribution is 2.23. The fraction of sp³-hybridized carbons (Fsp3) is 0.259. The van der Waals surface area contributed by atoms with Crippen LogP contribution in [0.5, 0.6) is 5.75 Å². The minimum absolute atomic E-state index is 0.0295. The molecule has 1 atom stereocenters. The van der Waals surface area contributed by atoms with Gasteiger partial charge in [0.25, 0.3) is 11.8 Å². The van der Waals surface area contributed by atoms with Crippen molar-refractivity contribution in [2.24, 2.45) is 0 Å². The van der Waals surface area contributed by atoms with Gasteiger partial charge in [0.05, 0.1) is 0 Å². The van der Waals surface area contributed by atoms with E-state index in [0.717, 1.165) is 5.56 Å². The van der Waals surface area contributed by atoms with E-state index in [0.29, 0.717) is 22.7 Å². The van der Waals surface area contributed by atoms with Crippen molar-refractivity contribution >= 4 is 23.2 Å². The van der Waals surface area contributed by atoms with Crippen molar-refractivity contribution in [3.05, 3.63) is 89.5 Å². The van der Waals surface area contributed by atoms with E-state index in [-0.39, 0.29) is 17.2 Å². The number of rotatable bonds is 6. The smallest absolute Gasteiger partial charge is 0.265 e. The van der Waals surface area contributed by atoms with Gasteiger partial charge in [-0.05, 0) is 72.9 Å². The lowest BCUT2D eigenvalue weighted by molar-refractivity contribution is -0.122. The number of aryl methyl sites for hydroxylation is 1. The molecule has 0 aromatic heterocycles. The molecule has 5 heteroatoms. The summed E-state index contributed by atoms with van der Waals surface area (Å²) in [7, 11) is 0. The van der Waals surface area contributed by atoms with Crippen LogP contribution in [-0.4, -0.2) is 17.9 Å². The lowest BCUT2D eigenvalue weighted by atomic mass is 9.87. The Morgan fingerprint density at radius 1 is 0.844 bits per heavy atom. The summed E-state index contributed by atoms with van der Waals surface area (Å²) in [5.74, 6) is 0.170. The quantitative estimate of drug-likeness (QED) is 0.508. The average molecular weight is 431 g/mol. The number of carbonyl (C=O) groups is 2. The lowest BCUT2D eigenvalue weighted by Gasteiger charge is -2.19. The standard InChI is InChI=1S/C27H30N2O3/c1-18-8-6-11-24(16-18)32-19(2)25(30)28-22-9-7-10-23(17-22)29-26(31)20-12-14-21(15-13-20)27(3,4)5/h6-17,19H,1-5H3,(H,28,30)(H,29,31). The number of nitrogens with one attached hydrogen (secondary N) is 2. The first kappa shape index (κ1) is 23.1. The zero-order valence-electron chi connectivity index (χ0n) is 19.2. The van der Waals surface area contributed by atoms with Crippen molar-refractivity contribution in [2.75, 3.05) is 10.6 Å². The van der Waals surface area contributed by atoms with Crippen LogP contribution in [0.2, 0.25) is 0 Å². The Morgan fingerprint density at radius 3 is 2.09 bits per heavy atom. The minimum atomic E-state index is -0.670. The summed E-state index contributed by atoms with van der Waals surface area (Å²) < 4.78 is 5.73. The molecule has 3 rings (SSSR count). The predicted molar refractivity (Wildman–Crippen MR) is 129 cm³/mol. The van der Waals surface area contributed by atoms with Crippen LogP contribution >= 0.6 is 0 Å². The van der Waals surface area contributed by atoms with Gasteiger partial charge in [-0.3, -0.25) is 9.59 Å². The van der Waals surface area contributed by atoms with E-state index in [1.807, 2.05) is 55.5 Å². The topological polar surface area (TPSA) is 67.4 Å². The van der Waals surface area contributed by atoms with Gasteiger partial charge in [-0.25, -0.2) is 0 Å². The second kappa shape index (κ2) is 9.69. The Kier molecular flexibility index (Phi) is 6.98. The maximum Gasteiger partial charge on any atom is 0.265 e. The molecule has 0 aliphatic carbocycles. The van der Waals surface area contributed by atoms with Crippen LogP contribution in [0.3, 0.4) is 0 Å². The Balaban J connectivity index is 1.62. The lowest BCUT2D eigenvalue weighted by Crippen LogP contribution is -2.30. The van der Waals surface area contributed by atoms with Crippen molar-refractivity contribution in [3.63, 3.8) is 0 Å². The third-order valence-electron chi connectivity index (χ3n) is 5.07. The van der Waals surface area contributed by atoms with Gasteiger partial charge < -0.3 is 15.4 Å². The van der Waals surface area contributed by atoms with Gasteiger partial charge in [-0.1, -0.05) is 51.1 Å². The van der Waals surface area contributed by atoms with Gasteiger partial charge in [-0.15, -0.1) is 0 Å². The Labute approximate surface area is 189 Å². The van der Waals surface area contributed by atoms with Gasteiger partial charge in [0.1, 0.15) is 5.75 Å². The molecule has 3 aromatic carbocycles. The second-order valence-corrected chi connectivity index (χ2v) is 8.93. The van der Waals surface area contributed by atoms with Crippen LogP contribution in [0.4, 0.5) is 11.4 Å². The molecule has 3 aromatic rings. The minimum Gasteiger partial charge on any atom is -0.481 e. The van der Waals surface area contributed by atoms with Crippen LogP contribution in [0.1, 0.15) is 49.2 Å². The van der Waals surface area contributed by atoms with Crippen molar-refractivity contribution in [1.82, 2.24) is 0 Å². The zero-order valence-corrected chi connectivity index (χ0v) is 19.2. The van der Waals surface area contributed by atoms with E-state index < -0.39 is 6.10 Å². The number of benzene rings is 3. The molecule has 166 valence electrons. The van der Waals surface area contributed by atoms with Crippen LogP contribution < -0.4 is 15.4 Å². The molecule has 0 heterocycles. The number of amides is 2. The average Bonchev–Trinajstić information content (AvgIpc) is 2.73. The Bertz CT molecular complexity index is 1100. The summed E-state index contributed by atoms with van der Waals surface area (Å²) in [6.07, 6.45) is -0.670. The molecular weight excluding hydrogens is 400 g/mol. The van der Waals surface area contributed by atoms with Crippen molar-refractivity contribution in [2.45, 2.75) is 46.1 Å². The summed E-state index contributed by atoms with van der Waals surface area (Å²) >= 11 is 0. The molecule has 0 radical (unpaired) electrons. The van der Waals surface area contributed by atoms with Crippen LogP contribution in [0, 0.1) is 6.92 Å². The van der Waals surface area contributed by atoms with E-state index >= 15 is 0 Å². The summed E-state index contributed by atoms with van der Waals surface area (Å²) in [5, 5.41) is 5.72. The van der Waals surface area contributed by atoms with Gasteiger partial charge in [-0.2, -0.15) is 0 Å². The molecule has 0 spiro atoms. The number of ether oxygens (including phenoxy) is 1. The summed E-state index contributed by atoms with van der Waals surface area (Å²) in [5.41, 5.74) is 4.01. The molecule has 0 fully saturated rings. The number of carbonyl (C=O) groups excluding carboxylic acids is 2. The molecule has 0 saturated heterocycles. The summed E-state index contributed by atoms with van der Waals surface area (Å²) in [6.45, 7) is 10.1. The monoisotopic (exact) mass is 430 g/mol. The van der Waals surface area contributed by atoms with Crippen LogP contribution in [0.15, 0.2) is 72.8 Å². The van der Waals surface area contributed by atoms with E-state index in [1.54, 1.807) is 31.2 Å².